The van der Waals surface area contributed by atoms with E-state index in [2.05, 4.69) is 15.3 Å². The van der Waals surface area contributed by atoms with Gasteiger partial charge in [-0.1, -0.05) is 20.8 Å². The first-order valence-corrected chi connectivity index (χ1v) is 15.0. The largest absolute Gasteiger partial charge is 0.481 e. The van der Waals surface area contributed by atoms with Crippen molar-refractivity contribution in [1.29, 1.82) is 0 Å². The molecule has 12 heteroatoms. The van der Waals surface area contributed by atoms with Crippen molar-refractivity contribution in [3.63, 3.8) is 0 Å². The van der Waals surface area contributed by atoms with Gasteiger partial charge in [0, 0.05) is 62.3 Å². The quantitative estimate of drug-likeness (QED) is 0.298. The molecule has 2 N–H and O–H groups in total. The second kappa shape index (κ2) is 14.0. The highest BCUT2D eigenvalue weighted by molar-refractivity contribution is 7.10. The van der Waals surface area contributed by atoms with Crippen molar-refractivity contribution >= 4 is 46.4 Å². The van der Waals surface area contributed by atoms with Gasteiger partial charge in [0.1, 0.15) is 10.7 Å². The highest BCUT2D eigenvalue weighted by Gasteiger charge is 2.33. The van der Waals surface area contributed by atoms with E-state index >= 15 is 0 Å². The van der Waals surface area contributed by atoms with Crippen LogP contribution in [0.2, 0.25) is 0 Å². The topological polar surface area (TPSA) is 139 Å². The Balaban J connectivity index is 1.74. The molecule has 4 atom stereocenters. The lowest BCUT2D eigenvalue weighted by molar-refractivity contribution is -0.148. The van der Waals surface area contributed by atoms with E-state index in [-0.39, 0.29) is 30.0 Å². The van der Waals surface area contributed by atoms with Gasteiger partial charge >= 0.3 is 11.9 Å². The fourth-order valence-electron chi connectivity index (χ4n) is 4.48. The summed E-state index contributed by atoms with van der Waals surface area (Å²) in [7, 11) is 1.79. The van der Waals surface area contributed by atoms with Crippen LogP contribution in [-0.2, 0) is 25.5 Å². The zero-order valence-electron chi connectivity index (χ0n) is 23.1. The van der Waals surface area contributed by atoms with Crippen molar-refractivity contribution in [3.8, 4) is 0 Å². The highest BCUT2D eigenvalue weighted by atomic mass is 32.1. The Hall–Kier alpha value is -2.86. The van der Waals surface area contributed by atoms with Gasteiger partial charge in [-0.3, -0.25) is 19.2 Å². The average Bonchev–Trinajstić information content (AvgIpc) is 3.30. The number of rotatable bonds is 15. The predicted molar refractivity (Wildman–Crippen MR) is 148 cm³/mol. The first-order valence-electron chi connectivity index (χ1n) is 13.2. The summed E-state index contributed by atoms with van der Waals surface area (Å²) in [5, 5.41) is 17.0. The summed E-state index contributed by atoms with van der Waals surface area (Å²) in [5.41, 5.74) is 0.165. The molecule has 1 aliphatic rings. The predicted octanol–water partition coefficient (Wildman–Crippen LogP) is 4.33. The van der Waals surface area contributed by atoms with E-state index < -0.39 is 35.9 Å². The summed E-state index contributed by atoms with van der Waals surface area (Å²) in [6.45, 7) is 6.98. The second-order valence-electron chi connectivity index (χ2n) is 10.6. The Morgan fingerprint density at radius 1 is 1.18 bits per heavy atom. The summed E-state index contributed by atoms with van der Waals surface area (Å²) >= 11 is 2.66. The van der Waals surface area contributed by atoms with Crippen molar-refractivity contribution < 1.29 is 29.0 Å². The van der Waals surface area contributed by atoms with E-state index in [1.54, 1.807) is 30.4 Å². The minimum Gasteiger partial charge on any atom is -0.481 e. The van der Waals surface area contributed by atoms with Crippen molar-refractivity contribution in [1.82, 2.24) is 20.2 Å². The van der Waals surface area contributed by atoms with E-state index in [9.17, 15) is 24.3 Å². The summed E-state index contributed by atoms with van der Waals surface area (Å²) in [5.74, 6) is -1.83. The molecule has 0 saturated heterocycles. The number of carbonyl (C=O) groups excluding carboxylic acids is 3. The van der Waals surface area contributed by atoms with Gasteiger partial charge in [-0.25, -0.2) is 9.97 Å². The number of ether oxygens (including phenoxy) is 1. The van der Waals surface area contributed by atoms with E-state index in [4.69, 9.17) is 4.74 Å². The van der Waals surface area contributed by atoms with Crippen LogP contribution < -0.4 is 5.32 Å². The lowest BCUT2D eigenvalue weighted by Gasteiger charge is -2.33. The molecule has 1 fully saturated rings. The molecule has 1 aliphatic carbocycles. The third-order valence-corrected chi connectivity index (χ3v) is 8.65. The first-order chi connectivity index (χ1) is 18.4. The Kier molecular flexibility index (Phi) is 11.0. The van der Waals surface area contributed by atoms with E-state index in [0.717, 1.165) is 17.8 Å². The van der Waals surface area contributed by atoms with Gasteiger partial charge in [0.15, 0.2) is 6.10 Å². The molecule has 10 nitrogen and oxygen atoms in total. The van der Waals surface area contributed by atoms with E-state index in [1.807, 2.05) is 19.2 Å². The lowest BCUT2D eigenvalue weighted by atomic mass is 9.96. The van der Waals surface area contributed by atoms with Gasteiger partial charge < -0.3 is 20.1 Å². The molecule has 39 heavy (non-hydrogen) atoms. The summed E-state index contributed by atoms with van der Waals surface area (Å²) < 4.78 is 5.63. The number of hydrogen-bond acceptors (Lipinski definition) is 9. The maximum absolute atomic E-state index is 13.1. The molecule has 0 aromatic carbocycles. The third kappa shape index (κ3) is 9.38. The number of carboxylic acids is 1. The summed E-state index contributed by atoms with van der Waals surface area (Å²) in [6.07, 6.45) is 4.68. The van der Waals surface area contributed by atoms with Crippen LogP contribution in [0.1, 0.15) is 86.4 Å². The Labute approximate surface area is 237 Å². The number of thiazole rings is 2. The normalized spacial score (nSPS) is 16.3. The zero-order chi connectivity index (χ0) is 28.7. The van der Waals surface area contributed by atoms with Gasteiger partial charge in [-0.05, 0) is 31.1 Å². The molecule has 0 bridgehead atoms. The molecule has 3 rings (SSSR count). The first kappa shape index (κ1) is 30.7. The smallest absolute Gasteiger partial charge is 0.306 e. The molecular formula is C27H38N4O6S2. The van der Waals surface area contributed by atoms with Crippen LogP contribution in [0, 0.1) is 17.8 Å². The second-order valence-corrected chi connectivity index (χ2v) is 12.5. The number of carbonyl (C=O) groups is 4. The van der Waals surface area contributed by atoms with E-state index in [1.165, 1.54) is 29.6 Å². The molecule has 214 valence electrons. The molecule has 2 aromatic heterocycles. The molecule has 1 saturated carbocycles. The Morgan fingerprint density at radius 3 is 2.46 bits per heavy atom. The SMILES string of the molecule is CC(=O)OC(CC(C(C)C)N(C)C(=O)CC1CC1)c1nc(C(=O)N[C@@H](Cc2nccs2)C[C@H](C)C(=O)O)cs1. The van der Waals surface area contributed by atoms with Gasteiger partial charge in [0.2, 0.25) is 5.91 Å². The number of aliphatic carboxylic acids is 1. The van der Waals surface area contributed by atoms with Crippen LogP contribution in [0.15, 0.2) is 17.0 Å². The van der Waals surface area contributed by atoms with Gasteiger partial charge in [-0.15, -0.1) is 22.7 Å². The van der Waals surface area contributed by atoms with Crippen molar-refractivity contribution in [2.24, 2.45) is 17.8 Å². The number of carboxylic acid groups (broad SMARTS) is 1. The van der Waals surface area contributed by atoms with Crippen LogP contribution in [0.25, 0.3) is 0 Å². The van der Waals surface area contributed by atoms with Crippen LogP contribution in [0.4, 0.5) is 0 Å². The van der Waals surface area contributed by atoms with Gasteiger partial charge in [0.05, 0.1) is 10.9 Å². The van der Waals surface area contributed by atoms with Crippen LogP contribution >= 0.6 is 22.7 Å². The Morgan fingerprint density at radius 2 is 1.90 bits per heavy atom. The number of aromatic nitrogens is 2. The average molecular weight is 579 g/mol. The third-order valence-electron chi connectivity index (χ3n) is 6.91. The van der Waals surface area contributed by atoms with Gasteiger partial charge in [-0.2, -0.15) is 0 Å². The number of hydrogen-bond donors (Lipinski definition) is 2. The molecule has 2 heterocycles. The number of amides is 2. The fraction of sp³-hybridized carbons (Fsp3) is 0.630. The number of esters is 1. The highest BCUT2D eigenvalue weighted by Crippen LogP contribution is 2.35. The lowest BCUT2D eigenvalue weighted by Crippen LogP contribution is -2.42. The van der Waals surface area contributed by atoms with Crippen molar-refractivity contribution in [2.75, 3.05) is 7.05 Å². The maximum atomic E-state index is 13.1. The monoisotopic (exact) mass is 578 g/mol. The van der Waals surface area contributed by atoms with E-state index in [0.29, 0.717) is 30.2 Å². The number of nitrogens with one attached hydrogen (secondary N) is 1. The zero-order valence-corrected chi connectivity index (χ0v) is 24.7. The molecule has 0 aliphatic heterocycles. The fourth-order valence-corrected chi connectivity index (χ4v) is 6.02. The minimum atomic E-state index is -0.936. The van der Waals surface area contributed by atoms with Crippen molar-refractivity contribution in [2.45, 2.75) is 84.4 Å². The molecule has 2 aromatic rings. The summed E-state index contributed by atoms with van der Waals surface area (Å²) in [4.78, 5) is 59.9. The van der Waals surface area contributed by atoms with Crippen molar-refractivity contribution in [3.05, 3.63) is 32.7 Å². The molecule has 2 amide bonds. The Bertz CT molecular complexity index is 1130. The van der Waals surface area contributed by atoms with Crippen LogP contribution in [-0.4, -0.2) is 62.9 Å². The van der Waals surface area contributed by atoms with Crippen LogP contribution in [0.3, 0.4) is 0 Å². The van der Waals surface area contributed by atoms with Gasteiger partial charge in [0.25, 0.3) is 5.91 Å². The molecule has 2 unspecified atom stereocenters. The number of nitrogens with zero attached hydrogens (tertiary/aromatic N) is 3. The minimum absolute atomic E-state index is 0.0823. The summed E-state index contributed by atoms with van der Waals surface area (Å²) in [6, 6.07) is -0.623. The molecule has 0 spiro atoms. The maximum Gasteiger partial charge on any atom is 0.306 e. The van der Waals surface area contributed by atoms with Crippen LogP contribution in [0.5, 0.6) is 0 Å². The molecular weight excluding hydrogens is 540 g/mol. The standard InChI is InChI=1S/C27H38N4O6S2/c1-15(2)21(31(5)24(33)11-18-6-7-18)13-22(37-17(4)32)26-30-20(14-39-26)25(34)29-19(10-16(3)27(35)36)12-23-28-8-9-38-23/h8-9,14-16,18-19,21-22H,6-7,10-13H2,1-5H3,(H,29,34)(H,35,36)/t16-,19+,21?,22?/m0/s1. The molecule has 0 radical (unpaired) electrons.